The molecule has 0 spiro atoms. The molecule has 0 aliphatic carbocycles. The second-order valence-electron chi connectivity index (χ2n) is 5.28. The largest absolute Gasteiger partial charge is 0.367 e. The molecular weight excluding hydrogens is 271 g/mol. The van der Waals surface area contributed by atoms with Crippen molar-refractivity contribution in [3.05, 3.63) is 22.1 Å². The minimum Gasteiger partial charge on any atom is -0.367 e. The van der Waals surface area contributed by atoms with Crippen molar-refractivity contribution >= 4 is 11.3 Å². The van der Waals surface area contributed by atoms with Crippen molar-refractivity contribution in [3.8, 4) is 0 Å². The molecule has 1 aromatic rings. The Morgan fingerprint density at radius 1 is 1.42 bits per heavy atom. The number of ether oxygens (including phenoxy) is 4. The average Bonchev–Trinajstić information content (AvgIpc) is 2.90. The highest BCUT2D eigenvalue weighted by molar-refractivity contribution is 7.09. The van der Waals surface area contributed by atoms with E-state index in [1.165, 1.54) is 17.4 Å². The Bertz CT molecular complexity index is 461. The Hall–Kier alpha value is -0.530. The van der Waals surface area contributed by atoms with Gasteiger partial charge in [-0.15, -0.1) is 11.3 Å². The molecule has 0 saturated carbocycles. The third kappa shape index (κ3) is 2.55. The summed E-state index contributed by atoms with van der Waals surface area (Å²) in [5.41, 5.74) is 0. The van der Waals surface area contributed by atoms with Crippen LogP contribution in [0.25, 0.3) is 0 Å². The van der Waals surface area contributed by atoms with Gasteiger partial charge in [-0.2, -0.15) is 0 Å². The minimum atomic E-state index is -0.661. The molecule has 0 amide bonds. The molecule has 2 aliphatic rings. The summed E-state index contributed by atoms with van der Waals surface area (Å²) in [4.78, 5) is 0.592. The highest BCUT2D eigenvalue weighted by atomic mass is 32.1. The number of hydrogen-bond acceptors (Lipinski definition) is 5. The maximum Gasteiger partial charge on any atom is 0.190 e. The normalized spacial score (nSPS) is 36.6. The Kier molecular flexibility index (Phi) is 3.39. The third-order valence-corrected chi connectivity index (χ3v) is 4.19. The number of thiophene rings is 1. The fourth-order valence-electron chi connectivity index (χ4n) is 2.47. The lowest BCUT2D eigenvalue weighted by Crippen LogP contribution is -2.35. The van der Waals surface area contributed by atoms with Gasteiger partial charge in [-0.1, -0.05) is 0 Å². The van der Waals surface area contributed by atoms with Gasteiger partial charge in [-0.3, -0.25) is 0 Å². The molecule has 6 heteroatoms. The van der Waals surface area contributed by atoms with Crippen molar-refractivity contribution in [3.63, 3.8) is 0 Å². The van der Waals surface area contributed by atoms with Crippen LogP contribution >= 0.6 is 11.3 Å². The summed E-state index contributed by atoms with van der Waals surface area (Å²) < 4.78 is 36.2. The Labute approximate surface area is 115 Å². The quantitative estimate of drug-likeness (QED) is 0.857. The molecular formula is C13H17FO4S. The molecule has 0 N–H and O–H groups in total. The summed E-state index contributed by atoms with van der Waals surface area (Å²) in [5.74, 6) is -0.886. The van der Waals surface area contributed by atoms with Crippen LogP contribution in [0.4, 0.5) is 4.39 Å². The molecule has 0 radical (unpaired) electrons. The van der Waals surface area contributed by atoms with Crippen molar-refractivity contribution in [2.24, 2.45) is 0 Å². The predicted molar refractivity (Wildman–Crippen MR) is 67.2 cm³/mol. The van der Waals surface area contributed by atoms with E-state index < -0.39 is 12.1 Å². The van der Waals surface area contributed by atoms with Crippen LogP contribution in [-0.4, -0.2) is 30.4 Å². The summed E-state index contributed by atoms with van der Waals surface area (Å²) in [5, 5.41) is 1.71. The first-order chi connectivity index (χ1) is 8.96. The number of fused-ring (bicyclic) bond motifs is 1. The minimum absolute atomic E-state index is 0.130. The van der Waals surface area contributed by atoms with Gasteiger partial charge in [0.2, 0.25) is 0 Å². The van der Waals surface area contributed by atoms with Crippen LogP contribution in [0.1, 0.15) is 25.6 Å². The maximum absolute atomic E-state index is 13.4. The zero-order valence-electron chi connectivity index (χ0n) is 11.1. The van der Waals surface area contributed by atoms with Crippen molar-refractivity contribution in [2.75, 3.05) is 0 Å². The van der Waals surface area contributed by atoms with Gasteiger partial charge in [-0.25, -0.2) is 4.39 Å². The smallest absolute Gasteiger partial charge is 0.190 e. The molecule has 4 atom stereocenters. The second-order valence-corrected chi connectivity index (χ2v) is 6.28. The van der Waals surface area contributed by atoms with E-state index >= 15 is 0 Å². The molecule has 2 aliphatic heterocycles. The van der Waals surface area contributed by atoms with Crippen LogP contribution < -0.4 is 0 Å². The highest BCUT2D eigenvalue weighted by Gasteiger charge is 2.54. The molecule has 0 bridgehead atoms. The fourth-order valence-corrected chi connectivity index (χ4v) is 3.14. The van der Waals surface area contributed by atoms with Crippen LogP contribution in [0.2, 0.25) is 0 Å². The van der Waals surface area contributed by atoms with E-state index in [0.717, 1.165) is 0 Å². The van der Waals surface area contributed by atoms with Crippen LogP contribution in [0.15, 0.2) is 11.4 Å². The van der Waals surface area contributed by atoms with E-state index in [1.54, 1.807) is 5.38 Å². The average molecular weight is 288 g/mol. The van der Waals surface area contributed by atoms with Crippen molar-refractivity contribution in [1.29, 1.82) is 0 Å². The van der Waals surface area contributed by atoms with Gasteiger partial charge in [0.1, 0.15) is 18.0 Å². The van der Waals surface area contributed by atoms with E-state index in [9.17, 15) is 4.39 Å². The zero-order valence-corrected chi connectivity index (χ0v) is 11.9. The third-order valence-electron chi connectivity index (χ3n) is 3.32. The van der Waals surface area contributed by atoms with E-state index in [1.807, 2.05) is 20.8 Å². The van der Waals surface area contributed by atoms with E-state index in [0.29, 0.717) is 4.88 Å². The predicted octanol–water partition coefficient (Wildman–Crippen LogP) is 2.67. The fraction of sp³-hybridized carbons (Fsp3) is 0.692. The van der Waals surface area contributed by atoms with Crippen LogP contribution in [0.3, 0.4) is 0 Å². The SMILES string of the molecule is C[C@H]1O[C@@H]2OC(C)(C)O[C@@H]2[C@H]1OCc1sccc1F. The van der Waals surface area contributed by atoms with Gasteiger partial charge in [0.15, 0.2) is 12.1 Å². The summed E-state index contributed by atoms with van der Waals surface area (Å²) in [6, 6.07) is 1.44. The lowest BCUT2D eigenvalue weighted by atomic mass is 10.1. The Morgan fingerprint density at radius 2 is 2.21 bits per heavy atom. The summed E-state index contributed by atoms with van der Waals surface area (Å²) in [6.45, 7) is 5.83. The molecule has 3 rings (SSSR count). The summed E-state index contributed by atoms with van der Waals surface area (Å²) in [6.07, 6.45) is -1.03. The molecule has 0 unspecified atom stereocenters. The van der Waals surface area contributed by atoms with Gasteiger partial charge in [0.25, 0.3) is 0 Å². The molecule has 2 saturated heterocycles. The summed E-state index contributed by atoms with van der Waals surface area (Å²) in [7, 11) is 0. The number of hydrogen-bond donors (Lipinski definition) is 0. The van der Waals surface area contributed by atoms with Crippen molar-refractivity contribution in [2.45, 2.75) is 57.8 Å². The first-order valence-electron chi connectivity index (χ1n) is 6.31. The zero-order chi connectivity index (χ0) is 13.6. The van der Waals surface area contributed by atoms with E-state index in [-0.39, 0.29) is 30.7 Å². The van der Waals surface area contributed by atoms with Gasteiger partial charge in [0.05, 0.1) is 17.6 Å². The molecule has 106 valence electrons. The van der Waals surface area contributed by atoms with Gasteiger partial charge in [0, 0.05) is 0 Å². The molecule has 1 aromatic heterocycles. The van der Waals surface area contributed by atoms with Crippen LogP contribution in [-0.2, 0) is 25.6 Å². The van der Waals surface area contributed by atoms with E-state index in [4.69, 9.17) is 18.9 Å². The van der Waals surface area contributed by atoms with Gasteiger partial charge < -0.3 is 18.9 Å². The monoisotopic (exact) mass is 288 g/mol. The van der Waals surface area contributed by atoms with Gasteiger partial charge >= 0.3 is 0 Å². The lowest BCUT2D eigenvalue weighted by Gasteiger charge is -2.23. The standard InChI is InChI=1S/C13H17FO4S/c1-7-10(15-6-9-8(14)4-5-19-9)11-12(16-7)18-13(2,3)17-11/h4-5,7,10-12H,6H2,1-3H3/t7-,10+,11-,12-/m1/s1. The van der Waals surface area contributed by atoms with Crippen LogP contribution in [0, 0.1) is 5.82 Å². The Morgan fingerprint density at radius 3 is 2.89 bits per heavy atom. The van der Waals surface area contributed by atoms with Crippen LogP contribution in [0.5, 0.6) is 0 Å². The van der Waals surface area contributed by atoms with Gasteiger partial charge in [-0.05, 0) is 32.2 Å². The number of rotatable bonds is 3. The molecule has 0 aromatic carbocycles. The molecule has 3 heterocycles. The summed E-state index contributed by atoms with van der Waals surface area (Å²) >= 11 is 1.35. The molecule has 2 fully saturated rings. The van der Waals surface area contributed by atoms with E-state index in [2.05, 4.69) is 0 Å². The Balaban J connectivity index is 1.65. The molecule has 19 heavy (non-hydrogen) atoms. The first kappa shape index (κ1) is 13.5. The highest BCUT2D eigenvalue weighted by Crippen LogP contribution is 2.38. The second kappa shape index (κ2) is 4.79. The molecule has 4 nitrogen and oxygen atoms in total. The first-order valence-corrected chi connectivity index (χ1v) is 7.19. The van der Waals surface area contributed by atoms with Crippen molar-refractivity contribution in [1.82, 2.24) is 0 Å². The van der Waals surface area contributed by atoms with Crippen molar-refractivity contribution < 1.29 is 23.3 Å². The number of halogens is 1. The topological polar surface area (TPSA) is 36.9 Å². The maximum atomic E-state index is 13.4. The lowest BCUT2D eigenvalue weighted by molar-refractivity contribution is -0.216.